The van der Waals surface area contributed by atoms with Gasteiger partial charge < -0.3 is 5.11 Å². The fourth-order valence-corrected chi connectivity index (χ4v) is 5.21. The van der Waals surface area contributed by atoms with E-state index in [1.165, 1.54) is 6.92 Å². The minimum atomic E-state index is -4.03. The van der Waals surface area contributed by atoms with Crippen LogP contribution in [0.25, 0.3) is 0 Å². The molecule has 0 amide bonds. The molecule has 0 saturated heterocycles. The van der Waals surface area contributed by atoms with E-state index in [9.17, 15) is 23.3 Å². The first-order valence-corrected chi connectivity index (χ1v) is 8.42. The molecule has 0 aliphatic heterocycles. The lowest BCUT2D eigenvalue weighted by Crippen LogP contribution is -2.39. The van der Waals surface area contributed by atoms with Crippen molar-refractivity contribution in [3.63, 3.8) is 0 Å². The van der Waals surface area contributed by atoms with E-state index < -0.39 is 32.6 Å². The minimum Gasteiger partial charge on any atom is -0.481 e. The molecule has 118 valence electrons. The molecular weight excluding hydrogens is 344 g/mol. The summed E-state index contributed by atoms with van der Waals surface area (Å²) in [6.45, 7) is 3.05. The second-order valence-corrected chi connectivity index (χ2v) is 7.91. The van der Waals surface area contributed by atoms with Gasteiger partial charge >= 0.3 is 5.97 Å². The van der Waals surface area contributed by atoms with Gasteiger partial charge in [-0.2, -0.15) is 4.31 Å². The van der Waals surface area contributed by atoms with Crippen molar-refractivity contribution in [1.82, 2.24) is 4.31 Å². The number of nitrogens with zero attached hydrogens (tertiary/aromatic N) is 2. The van der Waals surface area contributed by atoms with E-state index in [1.54, 1.807) is 6.92 Å². The zero-order chi connectivity index (χ0) is 16.4. The molecule has 1 aromatic heterocycles. The Labute approximate surface area is 130 Å². The number of carbonyl (C=O) groups is 1. The van der Waals surface area contributed by atoms with Gasteiger partial charge in [-0.1, -0.05) is 18.5 Å². The maximum absolute atomic E-state index is 12.4. The molecule has 0 spiro atoms. The van der Waals surface area contributed by atoms with Crippen LogP contribution < -0.4 is 0 Å². The Morgan fingerprint density at radius 2 is 2.19 bits per heavy atom. The zero-order valence-corrected chi connectivity index (χ0v) is 13.5. The van der Waals surface area contributed by atoms with Crippen LogP contribution in [0.3, 0.4) is 0 Å². The van der Waals surface area contributed by atoms with Crippen molar-refractivity contribution in [1.29, 1.82) is 0 Å². The molecule has 1 aromatic rings. The molecule has 0 fully saturated rings. The van der Waals surface area contributed by atoms with Crippen molar-refractivity contribution in [3.8, 4) is 0 Å². The maximum Gasteiger partial charge on any atom is 0.304 e. The van der Waals surface area contributed by atoms with Crippen molar-refractivity contribution < 1.29 is 23.2 Å². The number of sulfonamides is 1. The largest absolute Gasteiger partial charge is 0.481 e. The van der Waals surface area contributed by atoms with Crippen molar-refractivity contribution in [2.24, 2.45) is 0 Å². The smallest absolute Gasteiger partial charge is 0.304 e. The first-order valence-electron chi connectivity index (χ1n) is 5.78. The van der Waals surface area contributed by atoms with E-state index in [0.29, 0.717) is 11.3 Å². The van der Waals surface area contributed by atoms with Gasteiger partial charge in [0.25, 0.3) is 15.7 Å². The van der Waals surface area contributed by atoms with Crippen LogP contribution in [-0.4, -0.2) is 41.3 Å². The summed E-state index contributed by atoms with van der Waals surface area (Å²) < 4.78 is 25.3. The zero-order valence-electron chi connectivity index (χ0n) is 11.1. The highest BCUT2D eigenvalue weighted by molar-refractivity contribution is 7.91. The second-order valence-electron chi connectivity index (χ2n) is 4.14. The molecule has 0 bridgehead atoms. The van der Waals surface area contributed by atoms with E-state index in [2.05, 4.69) is 0 Å². The van der Waals surface area contributed by atoms with Gasteiger partial charge in [0.1, 0.15) is 4.21 Å². The SMILES string of the molecule is CCN(C(C)CC(=O)O)S(=O)(=O)c1cc([N+](=O)[O-])c(Cl)s1. The number of nitro groups is 1. The van der Waals surface area contributed by atoms with Crippen LogP contribution in [0.4, 0.5) is 5.69 Å². The molecule has 0 aromatic carbocycles. The van der Waals surface area contributed by atoms with Crippen molar-refractivity contribution in [2.45, 2.75) is 30.5 Å². The van der Waals surface area contributed by atoms with Gasteiger partial charge in [-0.05, 0) is 6.92 Å². The van der Waals surface area contributed by atoms with E-state index in [-0.39, 0.29) is 21.5 Å². The predicted molar refractivity (Wildman–Crippen MR) is 77.3 cm³/mol. The number of carboxylic acids is 1. The number of halogens is 1. The Morgan fingerprint density at radius 1 is 1.62 bits per heavy atom. The standard InChI is InChI=1S/C10H13ClN2O6S2/c1-3-12(6(2)4-8(14)15)21(18,19)9-5-7(13(16)17)10(11)20-9/h5-6H,3-4H2,1-2H3,(H,14,15). The monoisotopic (exact) mass is 356 g/mol. The van der Waals surface area contributed by atoms with Gasteiger partial charge in [0.2, 0.25) is 0 Å². The van der Waals surface area contributed by atoms with Crippen molar-refractivity contribution >= 4 is 44.6 Å². The lowest BCUT2D eigenvalue weighted by Gasteiger charge is -2.25. The Balaban J connectivity index is 3.21. The molecule has 1 N–H and O–H groups in total. The fourth-order valence-electron chi connectivity index (χ4n) is 1.78. The average molecular weight is 357 g/mol. The van der Waals surface area contributed by atoms with Crippen LogP contribution in [-0.2, 0) is 14.8 Å². The van der Waals surface area contributed by atoms with Crippen molar-refractivity contribution in [2.75, 3.05) is 6.54 Å². The van der Waals surface area contributed by atoms with Crippen LogP contribution >= 0.6 is 22.9 Å². The molecule has 0 aliphatic carbocycles. The Hall–Kier alpha value is -1.23. The van der Waals surface area contributed by atoms with Crippen LogP contribution in [0.15, 0.2) is 10.3 Å². The first kappa shape index (κ1) is 17.8. The molecule has 8 nitrogen and oxygen atoms in total. The highest BCUT2D eigenvalue weighted by atomic mass is 35.5. The van der Waals surface area contributed by atoms with Crippen LogP contribution in [0.5, 0.6) is 0 Å². The lowest BCUT2D eigenvalue weighted by molar-refractivity contribution is -0.384. The quantitative estimate of drug-likeness (QED) is 0.591. The van der Waals surface area contributed by atoms with E-state index in [4.69, 9.17) is 16.7 Å². The fraction of sp³-hybridized carbons (Fsp3) is 0.500. The molecule has 0 saturated carbocycles. The summed E-state index contributed by atoms with van der Waals surface area (Å²) in [6.07, 6.45) is -0.367. The summed E-state index contributed by atoms with van der Waals surface area (Å²) in [6, 6.07) is 0.107. The summed E-state index contributed by atoms with van der Waals surface area (Å²) in [7, 11) is -4.03. The number of aliphatic carboxylic acids is 1. The lowest BCUT2D eigenvalue weighted by atomic mass is 10.2. The number of hydrogen-bond donors (Lipinski definition) is 1. The van der Waals surface area contributed by atoms with Crippen molar-refractivity contribution in [3.05, 3.63) is 20.5 Å². The van der Waals surface area contributed by atoms with Gasteiger partial charge in [0.15, 0.2) is 4.34 Å². The predicted octanol–water partition coefficient (Wildman–Crippen LogP) is 2.18. The Morgan fingerprint density at radius 3 is 2.57 bits per heavy atom. The van der Waals surface area contributed by atoms with Gasteiger partial charge in [-0.3, -0.25) is 14.9 Å². The third kappa shape index (κ3) is 3.90. The molecule has 21 heavy (non-hydrogen) atoms. The van der Waals surface area contributed by atoms with E-state index in [0.717, 1.165) is 10.4 Å². The molecule has 1 unspecified atom stereocenters. The highest BCUT2D eigenvalue weighted by Gasteiger charge is 2.33. The van der Waals surface area contributed by atoms with Crippen LogP contribution in [0.1, 0.15) is 20.3 Å². The highest BCUT2D eigenvalue weighted by Crippen LogP contribution is 2.37. The van der Waals surface area contributed by atoms with Gasteiger partial charge in [0, 0.05) is 18.7 Å². The maximum atomic E-state index is 12.4. The molecule has 11 heteroatoms. The van der Waals surface area contributed by atoms with Gasteiger partial charge in [-0.25, -0.2) is 8.42 Å². The molecule has 0 radical (unpaired) electrons. The molecule has 1 heterocycles. The van der Waals surface area contributed by atoms with E-state index >= 15 is 0 Å². The number of carboxylic acid groups (broad SMARTS) is 1. The summed E-state index contributed by atoms with van der Waals surface area (Å²) >= 11 is 6.23. The number of hydrogen-bond acceptors (Lipinski definition) is 6. The Bertz CT molecular complexity index is 657. The molecule has 1 atom stereocenters. The third-order valence-electron chi connectivity index (χ3n) is 2.68. The van der Waals surface area contributed by atoms with E-state index in [1.807, 2.05) is 0 Å². The summed E-state index contributed by atoms with van der Waals surface area (Å²) in [4.78, 5) is 20.7. The normalized spacial score (nSPS) is 13.3. The van der Waals surface area contributed by atoms with Gasteiger partial charge in [-0.15, -0.1) is 11.3 Å². The van der Waals surface area contributed by atoms with Crippen LogP contribution in [0.2, 0.25) is 4.34 Å². The first-order chi connectivity index (χ1) is 9.61. The average Bonchev–Trinajstić information content (AvgIpc) is 2.71. The molecular formula is C10H13ClN2O6S2. The third-order valence-corrected chi connectivity index (χ3v) is 6.56. The van der Waals surface area contributed by atoms with Crippen LogP contribution in [0, 0.1) is 10.1 Å². The number of rotatable bonds is 7. The summed E-state index contributed by atoms with van der Waals surface area (Å²) in [5.74, 6) is -1.13. The summed E-state index contributed by atoms with van der Waals surface area (Å²) in [5, 5.41) is 19.5. The molecule has 0 aliphatic rings. The topological polar surface area (TPSA) is 118 Å². The molecule has 1 rings (SSSR count). The minimum absolute atomic E-state index is 0.0418. The second kappa shape index (κ2) is 6.69. The summed E-state index contributed by atoms with van der Waals surface area (Å²) in [5.41, 5.74) is -0.484. The number of thiophene rings is 1. The Kier molecular flexibility index (Phi) is 5.68. The van der Waals surface area contributed by atoms with Gasteiger partial charge in [0.05, 0.1) is 11.3 Å².